The van der Waals surface area contributed by atoms with Gasteiger partial charge in [0, 0.05) is 6.42 Å². The van der Waals surface area contributed by atoms with Gasteiger partial charge in [-0.2, -0.15) is 0 Å². The molecular weight excluding hydrogens is 200 g/mol. The molecule has 1 aliphatic carbocycles. The van der Waals surface area contributed by atoms with Gasteiger partial charge in [-0.05, 0) is 38.5 Å². The second-order valence-corrected chi connectivity index (χ2v) is 5.16. The predicted octanol–water partition coefficient (Wildman–Crippen LogP) is 3.24. The molecule has 3 unspecified atom stereocenters. The van der Waals surface area contributed by atoms with Gasteiger partial charge in [0.15, 0.2) is 0 Å². The Hall–Kier alpha value is -1.05. The molecule has 16 heavy (non-hydrogen) atoms. The third-order valence-corrected chi connectivity index (χ3v) is 3.87. The Morgan fingerprint density at radius 1 is 1.69 bits per heavy atom. The Balaban J connectivity index is 1.96. The van der Waals surface area contributed by atoms with Crippen molar-refractivity contribution in [3.63, 3.8) is 0 Å². The lowest BCUT2D eigenvalue weighted by Crippen LogP contribution is -2.50. The number of carbonyl (C=O) groups is 1. The third-order valence-electron chi connectivity index (χ3n) is 3.87. The average Bonchev–Trinajstić information content (AvgIpc) is 2.28. The van der Waals surface area contributed by atoms with Gasteiger partial charge in [0.2, 0.25) is 0 Å². The molecule has 1 fully saturated rings. The minimum atomic E-state index is -0.288. The van der Waals surface area contributed by atoms with Crippen LogP contribution in [-0.2, 0) is 9.53 Å². The van der Waals surface area contributed by atoms with Crippen molar-refractivity contribution in [2.75, 3.05) is 0 Å². The molecule has 1 aliphatic heterocycles. The minimum absolute atomic E-state index is 0.288. The van der Waals surface area contributed by atoms with E-state index in [1.54, 1.807) is 0 Å². The van der Waals surface area contributed by atoms with Gasteiger partial charge in [-0.3, -0.25) is 0 Å². The molecule has 2 rings (SSSR count). The van der Waals surface area contributed by atoms with Crippen LogP contribution >= 0.6 is 0 Å². The van der Waals surface area contributed by atoms with Gasteiger partial charge in [0.25, 0.3) is 0 Å². The topological polar surface area (TPSA) is 26.3 Å². The average molecular weight is 220 g/mol. The van der Waals surface area contributed by atoms with Gasteiger partial charge in [-0.1, -0.05) is 18.7 Å². The van der Waals surface area contributed by atoms with Crippen LogP contribution in [0.5, 0.6) is 0 Å². The van der Waals surface area contributed by atoms with E-state index in [2.05, 4.69) is 18.7 Å². The highest BCUT2D eigenvalue weighted by Crippen LogP contribution is 2.47. The first-order chi connectivity index (χ1) is 7.65. The van der Waals surface area contributed by atoms with Crippen molar-refractivity contribution in [2.45, 2.75) is 44.6 Å². The molecule has 0 spiro atoms. The molecule has 0 N–H and O–H groups in total. The van der Waals surface area contributed by atoms with E-state index < -0.39 is 0 Å². The molecule has 2 nitrogen and oxygen atoms in total. The van der Waals surface area contributed by atoms with Crippen LogP contribution in [0.25, 0.3) is 0 Å². The molecule has 88 valence electrons. The zero-order valence-electron chi connectivity index (χ0n) is 9.95. The summed E-state index contributed by atoms with van der Waals surface area (Å²) in [5.41, 5.74) is -0.288. The van der Waals surface area contributed by atoms with E-state index in [1.807, 2.05) is 6.92 Å². The number of rotatable bonds is 4. The van der Waals surface area contributed by atoms with E-state index in [4.69, 9.17) is 4.74 Å². The number of hydrogen-bond acceptors (Lipinski definition) is 2. The molecule has 0 amide bonds. The fourth-order valence-electron chi connectivity index (χ4n) is 2.84. The number of hydrogen-bond donors (Lipinski definition) is 0. The highest BCUT2D eigenvalue weighted by molar-refractivity contribution is 5.52. The maximum absolute atomic E-state index is 10.6. The number of carbonyl (C=O) groups excluding carboxylic acids is 1. The normalized spacial score (nSPS) is 37.7. The van der Waals surface area contributed by atoms with Gasteiger partial charge >= 0.3 is 0 Å². The number of allylic oxidation sites excluding steroid dienone is 2. The fraction of sp³-hybridized carbons (Fsp3) is 0.643. The molecular formula is C14H20O2. The van der Waals surface area contributed by atoms with Crippen LogP contribution in [0.1, 0.15) is 39.0 Å². The lowest BCUT2D eigenvalue weighted by atomic mass is 9.73. The van der Waals surface area contributed by atoms with Gasteiger partial charge in [0.05, 0.1) is 11.7 Å². The summed E-state index contributed by atoms with van der Waals surface area (Å²) in [7, 11) is 0. The molecule has 1 heterocycles. The molecule has 2 aliphatic rings. The molecule has 0 aromatic carbocycles. The largest absolute Gasteiger partial charge is 0.491 e. The maximum Gasteiger partial charge on any atom is 0.123 e. The Bertz CT molecular complexity index is 315. The monoisotopic (exact) mass is 220 g/mol. The van der Waals surface area contributed by atoms with Crippen LogP contribution < -0.4 is 0 Å². The maximum atomic E-state index is 10.6. The Labute approximate surface area is 97.4 Å². The van der Waals surface area contributed by atoms with E-state index in [0.29, 0.717) is 18.3 Å². The van der Waals surface area contributed by atoms with Crippen molar-refractivity contribution in [3.05, 3.63) is 24.5 Å². The Morgan fingerprint density at radius 2 is 2.50 bits per heavy atom. The lowest BCUT2D eigenvalue weighted by Gasteiger charge is -2.49. The van der Waals surface area contributed by atoms with Gasteiger partial charge in [0.1, 0.15) is 11.9 Å². The van der Waals surface area contributed by atoms with Crippen molar-refractivity contribution < 1.29 is 9.53 Å². The number of aldehydes is 1. The lowest BCUT2D eigenvalue weighted by molar-refractivity contribution is -0.147. The molecule has 0 radical (unpaired) electrons. The van der Waals surface area contributed by atoms with Crippen LogP contribution in [0.3, 0.4) is 0 Å². The summed E-state index contributed by atoms with van der Waals surface area (Å²) in [5.74, 6) is 1.86. The number of ether oxygens (including phenoxy) is 1. The van der Waals surface area contributed by atoms with Gasteiger partial charge in [-0.15, -0.1) is 0 Å². The smallest absolute Gasteiger partial charge is 0.123 e. The molecule has 2 heteroatoms. The Kier molecular flexibility index (Phi) is 3.17. The third kappa shape index (κ3) is 2.06. The van der Waals surface area contributed by atoms with E-state index in [0.717, 1.165) is 18.5 Å². The van der Waals surface area contributed by atoms with E-state index in [-0.39, 0.29) is 5.60 Å². The highest BCUT2D eigenvalue weighted by Gasteiger charge is 2.48. The molecule has 0 aromatic rings. The van der Waals surface area contributed by atoms with Crippen LogP contribution in [0, 0.1) is 11.8 Å². The molecule has 3 atom stereocenters. The Morgan fingerprint density at radius 3 is 3.06 bits per heavy atom. The highest BCUT2D eigenvalue weighted by atomic mass is 16.5. The second kappa shape index (κ2) is 4.44. The van der Waals surface area contributed by atoms with Crippen molar-refractivity contribution in [1.82, 2.24) is 0 Å². The van der Waals surface area contributed by atoms with Gasteiger partial charge < -0.3 is 9.53 Å². The summed E-state index contributed by atoms with van der Waals surface area (Å²) in [5, 5.41) is 0. The molecule has 0 saturated carbocycles. The zero-order chi connectivity index (χ0) is 11.6. The molecule has 0 bridgehead atoms. The van der Waals surface area contributed by atoms with Crippen LogP contribution in [0.2, 0.25) is 0 Å². The second-order valence-electron chi connectivity index (χ2n) is 5.16. The van der Waals surface area contributed by atoms with Crippen LogP contribution in [0.15, 0.2) is 24.5 Å². The summed E-state index contributed by atoms with van der Waals surface area (Å²) < 4.78 is 5.57. The summed E-state index contributed by atoms with van der Waals surface area (Å²) in [4.78, 5) is 10.6. The SMILES string of the molecule is C=C1OC(C)(CC=O)C1CC1C=CCCC1. The molecule has 1 saturated heterocycles. The van der Waals surface area contributed by atoms with Crippen molar-refractivity contribution in [2.24, 2.45) is 11.8 Å². The summed E-state index contributed by atoms with van der Waals surface area (Å²) in [6, 6.07) is 0. The van der Waals surface area contributed by atoms with Crippen LogP contribution in [0.4, 0.5) is 0 Å². The minimum Gasteiger partial charge on any atom is -0.491 e. The van der Waals surface area contributed by atoms with Gasteiger partial charge in [-0.25, -0.2) is 0 Å². The first kappa shape index (κ1) is 11.4. The standard InChI is InChI=1S/C14H20O2/c1-11-13(14(2,16-11)8-9-15)10-12-6-4-3-5-7-12/h4,6,9,12-13H,1,3,5,7-8,10H2,2H3. The van der Waals surface area contributed by atoms with Crippen molar-refractivity contribution in [3.8, 4) is 0 Å². The van der Waals surface area contributed by atoms with Crippen molar-refractivity contribution >= 4 is 6.29 Å². The first-order valence-electron chi connectivity index (χ1n) is 6.14. The summed E-state index contributed by atoms with van der Waals surface area (Å²) in [6.07, 6.45) is 10.9. The van der Waals surface area contributed by atoms with Crippen LogP contribution in [-0.4, -0.2) is 11.9 Å². The van der Waals surface area contributed by atoms with E-state index >= 15 is 0 Å². The summed E-state index contributed by atoms with van der Waals surface area (Å²) in [6.45, 7) is 5.94. The molecule has 0 aromatic heterocycles. The van der Waals surface area contributed by atoms with Crippen molar-refractivity contribution in [1.29, 1.82) is 0 Å². The first-order valence-corrected chi connectivity index (χ1v) is 6.14. The quantitative estimate of drug-likeness (QED) is 0.537. The summed E-state index contributed by atoms with van der Waals surface area (Å²) >= 11 is 0. The predicted molar refractivity (Wildman–Crippen MR) is 63.9 cm³/mol. The fourth-order valence-corrected chi connectivity index (χ4v) is 2.84. The van der Waals surface area contributed by atoms with E-state index in [9.17, 15) is 4.79 Å². The zero-order valence-corrected chi connectivity index (χ0v) is 9.95. The van der Waals surface area contributed by atoms with E-state index in [1.165, 1.54) is 19.3 Å².